The highest BCUT2D eigenvalue weighted by atomic mass is 35.5. The van der Waals surface area contributed by atoms with E-state index in [1.165, 1.54) is 6.42 Å². The second kappa shape index (κ2) is 9.16. The summed E-state index contributed by atoms with van der Waals surface area (Å²) in [4.78, 5) is 38.7. The Labute approximate surface area is 176 Å². The van der Waals surface area contributed by atoms with Crippen LogP contribution in [0.4, 0.5) is 5.69 Å². The molecule has 158 valence electrons. The standard InChI is InChI=1S/C22H29ClN2O4/c1-13-6-4-7-18(14(13)2)24-21(27)15(3)29-22(28)16-9-10-17(23)19(12-16)25-11-5-8-20(25)26/h9-10,12-15,18H,4-8,11H2,1-3H3,(H,24,27)/t13-,14-,15-,18-/m1/s1. The van der Waals surface area contributed by atoms with E-state index < -0.39 is 12.1 Å². The zero-order valence-corrected chi connectivity index (χ0v) is 18.0. The Bertz CT molecular complexity index is 797. The molecule has 4 atom stereocenters. The summed E-state index contributed by atoms with van der Waals surface area (Å²) in [6.45, 7) is 6.51. The molecular weight excluding hydrogens is 392 g/mol. The van der Waals surface area contributed by atoms with Crippen molar-refractivity contribution in [2.75, 3.05) is 11.4 Å². The van der Waals surface area contributed by atoms with Gasteiger partial charge in [0, 0.05) is 19.0 Å². The van der Waals surface area contributed by atoms with Gasteiger partial charge in [0.1, 0.15) is 0 Å². The number of halogens is 1. The van der Waals surface area contributed by atoms with Gasteiger partial charge in [0.05, 0.1) is 16.3 Å². The van der Waals surface area contributed by atoms with Gasteiger partial charge in [0.2, 0.25) is 5.91 Å². The number of hydrogen-bond donors (Lipinski definition) is 1. The van der Waals surface area contributed by atoms with E-state index in [0.717, 1.165) is 19.3 Å². The summed E-state index contributed by atoms with van der Waals surface area (Å²) in [6, 6.07) is 4.79. The first kappa shape index (κ1) is 21.6. The molecule has 0 unspecified atom stereocenters. The quantitative estimate of drug-likeness (QED) is 0.731. The van der Waals surface area contributed by atoms with Crippen LogP contribution in [-0.4, -0.2) is 36.5 Å². The molecule has 1 aromatic carbocycles. The lowest BCUT2D eigenvalue weighted by atomic mass is 9.78. The number of nitrogens with one attached hydrogen (secondary N) is 1. The van der Waals surface area contributed by atoms with Crippen LogP contribution in [0.25, 0.3) is 0 Å². The van der Waals surface area contributed by atoms with E-state index >= 15 is 0 Å². The van der Waals surface area contributed by atoms with Crippen LogP contribution in [0.3, 0.4) is 0 Å². The lowest BCUT2D eigenvalue weighted by molar-refractivity contribution is -0.130. The topological polar surface area (TPSA) is 75.7 Å². The molecule has 2 aliphatic rings. The molecule has 1 aliphatic heterocycles. The van der Waals surface area contributed by atoms with Crippen LogP contribution in [0, 0.1) is 11.8 Å². The third-order valence-electron chi connectivity index (χ3n) is 6.23. The first-order valence-corrected chi connectivity index (χ1v) is 10.8. The van der Waals surface area contributed by atoms with E-state index in [1.54, 1.807) is 30.0 Å². The van der Waals surface area contributed by atoms with Crippen LogP contribution >= 0.6 is 11.6 Å². The number of ether oxygens (including phenoxy) is 1. The van der Waals surface area contributed by atoms with Crippen molar-refractivity contribution in [2.45, 2.75) is 65.0 Å². The lowest BCUT2D eigenvalue weighted by Crippen LogP contribution is -2.47. The van der Waals surface area contributed by atoms with Crippen molar-refractivity contribution < 1.29 is 19.1 Å². The monoisotopic (exact) mass is 420 g/mol. The zero-order valence-electron chi connectivity index (χ0n) is 17.2. The Kier molecular flexibility index (Phi) is 6.83. The molecule has 2 amide bonds. The molecule has 2 fully saturated rings. The fraction of sp³-hybridized carbons (Fsp3) is 0.591. The summed E-state index contributed by atoms with van der Waals surface area (Å²) in [7, 11) is 0. The highest BCUT2D eigenvalue weighted by molar-refractivity contribution is 6.34. The number of amides is 2. The van der Waals surface area contributed by atoms with Crippen LogP contribution in [-0.2, 0) is 14.3 Å². The van der Waals surface area contributed by atoms with Crippen molar-refractivity contribution in [2.24, 2.45) is 11.8 Å². The Hall–Kier alpha value is -2.08. The van der Waals surface area contributed by atoms with E-state index in [1.807, 2.05) is 0 Å². The summed E-state index contributed by atoms with van der Waals surface area (Å²) >= 11 is 6.23. The first-order valence-electron chi connectivity index (χ1n) is 10.4. The molecule has 1 aromatic rings. The maximum atomic E-state index is 12.6. The van der Waals surface area contributed by atoms with Gasteiger partial charge in [-0.25, -0.2) is 4.79 Å². The largest absolute Gasteiger partial charge is 0.449 e. The van der Waals surface area contributed by atoms with E-state index in [4.69, 9.17) is 16.3 Å². The molecule has 0 spiro atoms. The van der Waals surface area contributed by atoms with Gasteiger partial charge in [-0.1, -0.05) is 38.3 Å². The van der Waals surface area contributed by atoms with Gasteiger partial charge in [-0.15, -0.1) is 0 Å². The van der Waals surface area contributed by atoms with Crippen molar-refractivity contribution in [3.05, 3.63) is 28.8 Å². The third kappa shape index (κ3) is 4.92. The molecule has 7 heteroatoms. The molecule has 0 bridgehead atoms. The lowest BCUT2D eigenvalue weighted by Gasteiger charge is -2.35. The maximum Gasteiger partial charge on any atom is 0.338 e. The minimum absolute atomic E-state index is 0.0130. The number of nitrogens with zero attached hydrogens (tertiary/aromatic N) is 1. The molecular formula is C22H29ClN2O4. The highest BCUT2D eigenvalue weighted by Crippen LogP contribution is 2.31. The van der Waals surface area contributed by atoms with Gasteiger partial charge in [-0.2, -0.15) is 0 Å². The smallest absolute Gasteiger partial charge is 0.338 e. The van der Waals surface area contributed by atoms with Crippen molar-refractivity contribution in [1.82, 2.24) is 5.32 Å². The predicted octanol–water partition coefficient (Wildman–Crippen LogP) is 3.95. The van der Waals surface area contributed by atoms with Crippen LogP contribution in [0.15, 0.2) is 18.2 Å². The van der Waals surface area contributed by atoms with Gasteiger partial charge >= 0.3 is 5.97 Å². The second-order valence-corrected chi connectivity index (χ2v) is 8.65. The number of hydrogen-bond acceptors (Lipinski definition) is 4. The summed E-state index contributed by atoms with van der Waals surface area (Å²) < 4.78 is 5.39. The highest BCUT2D eigenvalue weighted by Gasteiger charge is 2.30. The van der Waals surface area contributed by atoms with Gasteiger partial charge in [-0.05, 0) is 49.8 Å². The van der Waals surface area contributed by atoms with Crippen LogP contribution in [0.1, 0.15) is 63.2 Å². The molecule has 1 heterocycles. The fourth-order valence-electron chi connectivity index (χ4n) is 4.12. The Morgan fingerprint density at radius 3 is 2.69 bits per heavy atom. The molecule has 1 saturated carbocycles. The minimum atomic E-state index is -0.903. The van der Waals surface area contributed by atoms with Gasteiger partial charge < -0.3 is 15.0 Å². The molecule has 0 aromatic heterocycles. The van der Waals surface area contributed by atoms with Gasteiger partial charge in [0.15, 0.2) is 6.10 Å². The molecule has 0 radical (unpaired) electrons. The summed E-state index contributed by atoms with van der Waals surface area (Å²) in [5.74, 6) is 0.0524. The Balaban J connectivity index is 1.63. The Morgan fingerprint density at radius 2 is 2.00 bits per heavy atom. The van der Waals surface area contributed by atoms with E-state index in [0.29, 0.717) is 35.5 Å². The molecule has 6 nitrogen and oxygen atoms in total. The Morgan fingerprint density at radius 1 is 1.24 bits per heavy atom. The van der Waals surface area contributed by atoms with Crippen molar-refractivity contribution in [3.8, 4) is 0 Å². The van der Waals surface area contributed by atoms with Crippen molar-refractivity contribution in [3.63, 3.8) is 0 Å². The zero-order chi connectivity index (χ0) is 21.1. The van der Waals surface area contributed by atoms with Crippen molar-refractivity contribution in [1.29, 1.82) is 0 Å². The van der Waals surface area contributed by atoms with E-state index in [2.05, 4.69) is 19.2 Å². The maximum absolute atomic E-state index is 12.6. The SMILES string of the molecule is C[C@@H]1[C@H](C)CCC[C@H]1NC(=O)[C@@H](C)OC(=O)c1ccc(Cl)c(N2CCCC2=O)c1. The average Bonchev–Trinajstić information content (AvgIpc) is 3.11. The number of rotatable bonds is 5. The normalized spacial score (nSPS) is 25.6. The predicted molar refractivity (Wildman–Crippen MR) is 112 cm³/mol. The van der Waals surface area contributed by atoms with Crippen molar-refractivity contribution >= 4 is 35.1 Å². The second-order valence-electron chi connectivity index (χ2n) is 8.25. The van der Waals surface area contributed by atoms with Gasteiger partial charge in [-0.3, -0.25) is 9.59 Å². The number of anilines is 1. The molecule has 1 saturated heterocycles. The fourth-order valence-corrected chi connectivity index (χ4v) is 4.34. The summed E-state index contributed by atoms with van der Waals surface area (Å²) in [6.07, 6.45) is 3.55. The molecule has 3 rings (SSSR count). The number of benzene rings is 1. The molecule has 1 aliphatic carbocycles. The molecule has 29 heavy (non-hydrogen) atoms. The van der Waals surface area contributed by atoms with Gasteiger partial charge in [0.25, 0.3) is 5.91 Å². The average molecular weight is 421 g/mol. The third-order valence-corrected chi connectivity index (χ3v) is 6.55. The summed E-state index contributed by atoms with van der Waals surface area (Å²) in [5, 5.41) is 3.44. The number of carbonyl (C=O) groups excluding carboxylic acids is 3. The molecule has 1 N–H and O–H groups in total. The number of carbonyl (C=O) groups is 3. The first-order chi connectivity index (χ1) is 13.8. The van der Waals surface area contributed by atoms with E-state index in [-0.39, 0.29) is 23.4 Å². The van der Waals surface area contributed by atoms with Crippen LogP contribution < -0.4 is 10.2 Å². The van der Waals surface area contributed by atoms with Crippen LogP contribution in [0.5, 0.6) is 0 Å². The minimum Gasteiger partial charge on any atom is -0.449 e. The summed E-state index contributed by atoms with van der Waals surface area (Å²) in [5.41, 5.74) is 0.772. The number of esters is 1. The van der Waals surface area contributed by atoms with Crippen LogP contribution in [0.2, 0.25) is 5.02 Å². The van der Waals surface area contributed by atoms with E-state index in [9.17, 15) is 14.4 Å².